The third-order valence-corrected chi connectivity index (χ3v) is 7.16. The van der Waals surface area contributed by atoms with Crippen LogP contribution in [0.3, 0.4) is 0 Å². The number of fused-ring (bicyclic) bond motifs is 1. The second-order valence-electron chi connectivity index (χ2n) is 8.25. The van der Waals surface area contributed by atoms with E-state index in [0.29, 0.717) is 5.39 Å². The minimum atomic E-state index is -4.62. The molecule has 8 nitrogen and oxygen atoms in total. The van der Waals surface area contributed by atoms with Crippen LogP contribution in [0.2, 0.25) is 0 Å². The summed E-state index contributed by atoms with van der Waals surface area (Å²) < 4.78 is 94.0. The number of hydrogen-bond donors (Lipinski definition) is 1. The lowest BCUT2D eigenvalue weighted by molar-refractivity contribution is -0.137. The van der Waals surface area contributed by atoms with Gasteiger partial charge in [0.2, 0.25) is 0 Å². The van der Waals surface area contributed by atoms with E-state index in [0.717, 1.165) is 34.9 Å². The highest BCUT2D eigenvalue weighted by molar-refractivity contribution is 7.92. The average Bonchev–Trinajstić information content (AvgIpc) is 3.40. The molecule has 0 spiro atoms. The number of aromatic nitrogens is 2. The number of nitrogens with zero attached hydrogens (tertiary/aromatic N) is 2. The first-order valence-corrected chi connectivity index (χ1v) is 12.6. The maximum Gasteiger partial charge on any atom is 0.416 e. The van der Waals surface area contributed by atoms with Crippen molar-refractivity contribution in [1.82, 2.24) is 9.55 Å². The van der Waals surface area contributed by atoms with Gasteiger partial charge in [0.1, 0.15) is 17.8 Å². The van der Waals surface area contributed by atoms with Crippen LogP contribution < -0.4 is 15.0 Å². The molecule has 3 aromatic carbocycles. The zero-order valence-electron chi connectivity index (χ0n) is 19.9. The van der Waals surface area contributed by atoms with E-state index in [4.69, 9.17) is 9.15 Å². The lowest BCUT2D eigenvalue weighted by Crippen LogP contribution is -2.19. The molecule has 0 unspecified atom stereocenters. The number of ether oxygens (including phenoxy) is 1. The largest absolute Gasteiger partial charge is 0.495 e. The van der Waals surface area contributed by atoms with Gasteiger partial charge in [-0.3, -0.25) is 9.36 Å². The number of alkyl halides is 3. The highest BCUT2D eigenvalue weighted by Crippen LogP contribution is 2.36. The van der Waals surface area contributed by atoms with Crippen molar-refractivity contribution in [2.45, 2.75) is 11.1 Å². The van der Waals surface area contributed by atoms with E-state index in [1.54, 1.807) is 0 Å². The van der Waals surface area contributed by atoms with Crippen molar-refractivity contribution in [2.24, 2.45) is 0 Å². The number of hydrogen-bond acceptors (Lipinski definition) is 6. The quantitative estimate of drug-likeness (QED) is 0.271. The maximum atomic E-state index is 15.3. The van der Waals surface area contributed by atoms with Gasteiger partial charge in [0.05, 0.1) is 35.0 Å². The van der Waals surface area contributed by atoms with Gasteiger partial charge in [0, 0.05) is 23.1 Å². The Morgan fingerprint density at radius 3 is 2.51 bits per heavy atom. The Morgan fingerprint density at radius 1 is 1.03 bits per heavy atom. The second kappa shape index (κ2) is 9.58. The molecule has 0 atom stereocenters. The summed E-state index contributed by atoms with van der Waals surface area (Å²) in [4.78, 5) is 16.5. The molecule has 13 heteroatoms. The second-order valence-corrected chi connectivity index (χ2v) is 9.94. The Kier molecular flexibility index (Phi) is 6.38. The van der Waals surface area contributed by atoms with E-state index in [1.165, 1.54) is 56.0 Å². The lowest BCUT2D eigenvalue weighted by atomic mass is 10.0. The molecule has 200 valence electrons. The van der Waals surface area contributed by atoms with Gasteiger partial charge in [0.15, 0.2) is 0 Å². The molecular weight excluding hydrogens is 542 g/mol. The number of sulfonamides is 1. The summed E-state index contributed by atoms with van der Waals surface area (Å²) in [5.74, 6) is -0.899. The molecule has 2 aromatic heterocycles. The normalized spacial score (nSPS) is 12.0. The van der Waals surface area contributed by atoms with Gasteiger partial charge in [-0.15, -0.1) is 0 Å². The summed E-state index contributed by atoms with van der Waals surface area (Å²) in [7, 11) is -2.82. The standard InChI is InChI=1S/C26H17F4N3O5S/c1-37-23-13-19(15-3-2-4-17(11-15)26(28,29)30)20(27)14-22(23)33-21-7-6-18(12-16(21)5-8-24(33)34)39(35,36)32-25-31-9-10-38-25/h2-14H,1H3,(H,31,32). The SMILES string of the molecule is COc1cc(-c2cccc(C(F)(F)F)c2)c(F)cc1-n1c(=O)ccc2cc(S(=O)(=O)Nc3ncco3)ccc21. The summed E-state index contributed by atoms with van der Waals surface area (Å²) >= 11 is 0. The van der Waals surface area contributed by atoms with E-state index >= 15 is 4.39 Å². The molecule has 0 saturated carbocycles. The third kappa shape index (κ3) is 4.95. The molecule has 1 N–H and O–H groups in total. The first-order valence-electron chi connectivity index (χ1n) is 11.1. The van der Waals surface area contributed by atoms with E-state index in [1.807, 2.05) is 0 Å². The number of anilines is 1. The highest BCUT2D eigenvalue weighted by atomic mass is 32.2. The summed E-state index contributed by atoms with van der Waals surface area (Å²) in [6.45, 7) is 0. The van der Waals surface area contributed by atoms with Gasteiger partial charge < -0.3 is 9.15 Å². The van der Waals surface area contributed by atoms with Gasteiger partial charge in [-0.25, -0.2) is 22.5 Å². The number of methoxy groups -OCH3 is 1. The average molecular weight is 559 g/mol. The molecular formula is C26H17F4N3O5S. The fourth-order valence-electron chi connectivity index (χ4n) is 4.05. The zero-order chi connectivity index (χ0) is 27.9. The van der Waals surface area contributed by atoms with Crippen LogP contribution in [0.25, 0.3) is 27.7 Å². The van der Waals surface area contributed by atoms with Crippen LogP contribution in [0.4, 0.5) is 23.6 Å². The van der Waals surface area contributed by atoms with Gasteiger partial charge >= 0.3 is 12.2 Å². The minimum absolute atomic E-state index is 0.000621. The predicted octanol–water partition coefficient (Wildman–Crippen LogP) is 5.61. The number of oxazole rings is 1. The Hall–Kier alpha value is -4.65. The van der Waals surface area contributed by atoms with Crippen LogP contribution >= 0.6 is 0 Å². The summed E-state index contributed by atoms with van der Waals surface area (Å²) in [6, 6.07) is 12.6. The van der Waals surface area contributed by atoms with Crippen LogP contribution in [0, 0.1) is 5.82 Å². The molecule has 0 aliphatic heterocycles. The molecule has 0 aliphatic rings. The number of nitrogens with one attached hydrogen (secondary N) is 1. The third-order valence-electron chi connectivity index (χ3n) is 5.84. The topological polar surface area (TPSA) is 103 Å². The van der Waals surface area contributed by atoms with Gasteiger partial charge in [-0.1, -0.05) is 12.1 Å². The smallest absolute Gasteiger partial charge is 0.416 e. The van der Waals surface area contributed by atoms with Crippen molar-refractivity contribution in [2.75, 3.05) is 11.8 Å². The van der Waals surface area contributed by atoms with Crippen molar-refractivity contribution in [1.29, 1.82) is 0 Å². The summed E-state index contributed by atoms with van der Waals surface area (Å²) in [6.07, 6.45) is -2.16. The van der Waals surface area contributed by atoms with Crippen LogP contribution in [-0.2, 0) is 16.2 Å². The molecule has 2 heterocycles. The van der Waals surface area contributed by atoms with Crippen LogP contribution in [-0.4, -0.2) is 25.1 Å². The van der Waals surface area contributed by atoms with Crippen LogP contribution in [0.5, 0.6) is 5.75 Å². The Labute approximate surface area is 218 Å². The molecule has 0 bridgehead atoms. The van der Waals surface area contributed by atoms with Crippen molar-refractivity contribution >= 4 is 26.9 Å². The zero-order valence-corrected chi connectivity index (χ0v) is 20.7. The van der Waals surface area contributed by atoms with Gasteiger partial charge in [-0.05, 0) is 48.0 Å². The Bertz CT molecular complexity index is 1870. The number of rotatable bonds is 6. The van der Waals surface area contributed by atoms with Crippen molar-refractivity contribution in [3.8, 4) is 22.6 Å². The molecule has 39 heavy (non-hydrogen) atoms. The van der Waals surface area contributed by atoms with Gasteiger partial charge in [-0.2, -0.15) is 13.2 Å². The van der Waals surface area contributed by atoms with Crippen molar-refractivity contribution < 1.29 is 35.1 Å². The minimum Gasteiger partial charge on any atom is -0.495 e. The fraction of sp³-hybridized carbons (Fsp3) is 0.0769. The molecule has 0 saturated heterocycles. The molecule has 0 amide bonds. The molecule has 0 radical (unpaired) electrons. The first kappa shape index (κ1) is 26.0. The van der Waals surface area contributed by atoms with Crippen molar-refractivity contribution in [3.05, 3.63) is 101 Å². The van der Waals surface area contributed by atoms with E-state index in [2.05, 4.69) is 9.71 Å². The fourth-order valence-corrected chi connectivity index (χ4v) is 5.03. The van der Waals surface area contributed by atoms with Crippen LogP contribution in [0.15, 0.2) is 93.3 Å². The number of halogens is 4. The number of pyridine rings is 1. The van der Waals surface area contributed by atoms with Crippen LogP contribution in [0.1, 0.15) is 5.56 Å². The van der Waals surface area contributed by atoms with E-state index in [-0.39, 0.29) is 39.0 Å². The monoisotopic (exact) mass is 559 g/mol. The molecule has 5 aromatic rings. The predicted molar refractivity (Wildman–Crippen MR) is 134 cm³/mol. The van der Waals surface area contributed by atoms with E-state index < -0.39 is 33.1 Å². The Balaban J connectivity index is 1.63. The lowest BCUT2D eigenvalue weighted by Gasteiger charge is -2.17. The molecule has 0 aliphatic carbocycles. The molecule has 0 fully saturated rings. The number of benzene rings is 3. The summed E-state index contributed by atoms with van der Waals surface area (Å²) in [5.41, 5.74) is -1.54. The summed E-state index contributed by atoms with van der Waals surface area (Å²) in [5, 5.41) is 0.314. The Morgan fingerprint density at radius 2 is 1.82 bits per heavy atom. The van der Waals surface area contributed by atoms with E-state index in [9.17, 15) is 26.4 Å². The van der Waals surface area contributed by atoms with Gasteiger partial charge in [0.25, 0.3) is 15.6 Å². The maximum absolute atomic E-state index is 15.3. The highest BCUT2D eigenvalue weighted by Gasteiger charge is 2.31. The molecule has 5 rings (SSSR count). The first-order chi connectivity index (χ1) is 18.5. The van der Waals surface area contributed by atoms with Crippen molar-refractivity contribution in [3.63, 3.8) is 0 Å².